The van der Waals surface area contributed by atoms with Crippen LogP contribution in [0, 0.1) is 0 Å². The van der Waals surface area contributed by atoms with E-state index in [0.29, 0.717) is 0 Å². The van der Waals surface area contributed by atoms with Gasteiger partial charge in [0.15, 0.2) is 0 Å². The Labute approximate surface area is 100 Å². The Kier molecular flexibility index (Phi) is 3.42. The molecule has 0 saturated heterocycles. The molecule has 0 N–H and O–H groups in total. The summed E-state index contributed by atoms with van der Waals surface area (Å²) in [6.07, 6.45) is 2.05. The van der Waals surface area contributed by atoms with E-state index in [0.717, 1.165) is 10.6 Å². The molecule has 0 fully saturated rings. The molecule has 0 bridgehead atoms. The smallest absolute Gasteiger partial charge is 0.0764 e. The van der Waals surface area contributed by atoms with Crippen LogP contribution >= 0.6 is 11.8 Å². The second-order valence-electron chi connectivity index (χ2n) is 3.41. The normalized spacial score (nSPS) is 10.1. The molecule has 0 aromatic heterocycles. The Morgan fingerprint density at radius 2 is 1.75 bits per heavy atom. The first-order valence-electron chi connectivity index (χ1n) is 5.05. The second kappa shape index (κ2) is 4.99. The zero-order chi connectivity index (χ0) is 11.4. The highest BCUT2D eigenvalue weighted by Crippen LogP contribution is 2.32. The van der Waals surface area contributed by atoms with Gasteiger partial charge >= 0.3 is 0 Å². The molecule has 0 aliphatic carbocycles. The van der Waals surface area contributed by atoms with E-state index in [1.165, 1.54) is 11.1 Å². The van der Waals surface area contributed by atoms with Crippen LogP contribution in [-0.4, -0.2) is 13.0 Å². The summed E-state index contributed by atoms with van der Waals surface area (Å²) in [5.41, 5.74) is 3.34. The molecule has 0 amide bonds. The first-order valence-corrected chi connectivity index (χ1v) is 6.28. The second-order valence-corrected chi connectivity index (χ2v) is 4.26. The van der Waals surface area contributed by atoms with E-state index in [1.807, 2.05) is 24.5 Å². The van der Waals surface area contributed by atoms with Gasteiger partial charge in [-0.3, -0.25) is 4.99 Å². The van der Waals surface area contributed by atoms with Crippen molar-refractivity contribution in [1.82, 2.24) is 0 Å². The average molecular weight is 227 g/mol. The third-order valence-electron chi connectivity index (χ3n) is 2.46. The minimum absolute atomic E-state index is 0.953. The Balaban J connectivity index is 2.48. The van der Waals surface area contributed by atoms with Crippen molar-refractivity contribution in [3.8, 4) is 11.1 Å². The lowest BCUT2D eigenvalue weighted by Gasteiger charge is -2.06. The maximum atomic E-state index is 4.06. The summed E-state index contributed by atoms with van der Waals surface area (Å²) in [5.74, 6) is 0. The predicted octanol–water partition coefficient (Wildman–Crippen LogP) is 4.41. The molecule has 0 aliphatic heterocycles. The molecular weight excluding hydrogens is 214 g/mol. The van der Waals surface area contributed by atoms with Crippen LogP contribution in [-0.2, 0) is 0 Å². The van der Waals surface area contributed by atoms with Crippen molar-refractivity contribution in [1.29, 1.82) is 0 Å². The number of rotatable bonds is 3. The summed E-state index contributed by atoms with van der Waals surface area (Å²) < 4.78 is 0. The minimum Gasteiger partial charge on any atom is -0.263 e. The number of hydrogen-bond acceptors (Lipinski definition) is 2. The van der Waals surface area contributed by atoms with Crippen LogP contribution in [0.4, 0.5) is 5.69 Å². The first kappa shape index (κ1) is 11.0. The molecule has 0 unspecified atom stereocenters. The SMILES string of the molecule is C=Nc1cc(-c2ccccc2)ccc1SC. The van der Waals surface area contributed by atoms with Crippen LogP contribution in [0.15, 0.2) is 58.4 Å². The summed E-state index contributed by atoms with van der Waals surface area (Å²) in [6, 6.07) is 16.6. The zero-order valence-electron chi connectivity index (χ0n) is 9.18. The topological polar surface area (TPSA) is 12.4 Å². The molecule has 80 valence electrons. The molecule has 0 saturated carbocycles. The van der Waals surface area contributed by atoms with Gasteiger partial charge in [-0.2, -0.15) is 0 Å². The van der Waals surface area contributed by atoms with Crippen molar-refractivity contribution in [2.45, 2.75) is 4.90 Å². The fraction of sp³-hybridized carbons (Fsp3) is 0.0714. The van der Waals surface area contributed by atoms with Crippen molar-refractivity contribution in [2.75, 3.05) is 6.26 Å². The van der Waals surface area contributed by atoms with Gasteiger partial charge in [-0.05, 0) is 36.2 Å². The molecule has 1 nitrogen and oxygen atoms in total. The van der Waals surface area contributed by atoms with Crippen LogP contribution in [0.1, 0.15) is 0 Å². The third kappa shape index (κ3) is 2.17. The Bertz CT molecular complexity index is 491. The lowest BCUT2D eigenvalue weighted by molar-refractivity contribution is 1.39. The fourth-order valence-corrected chi connectivity index (χ4v) is 2.16. The number of hydrogen-bond donors (Lipinski definition) is 0. The third-order valence-corrected chi connectivity index (χ3v) is 3.24. The number of nitrogens with zero attached hydrogens (tertiary/aromatic N) is 1. The summed E-state index contributed by atoms with van der Waals surface area (Å²) in [6.45, 7) is 3.61. The first-order chi connectivity index (χ1) is 7.85. The van der Waals surface area contributed by atoms with Gasteiger partial charge in [-0.15, -0.1) is 11.8 Å². The van der Waals surface area contributed by atoms with E-state index in [2.05, 4.69) is 42.0 Å². The number of thioether (sulfide) groups is 1. The van der Waals surface area contributed by atoms with Gasteiger partial charge in [0, 0.05) is 4.90 Å². The van der Waals surface area contributed by atoms with Gasteiger partial charge in [0.2, 0.25) is 0 Å². The Morgan fingerprint density at radius 1 is 1.00 bits per heavy atom. The minimum atomic E-state index is 0.953. The molecule has 0 atom stereocenters. The van der Waals surface area contributed by atoms with E-state index in [1.54, 1.807) is 11.8 Å². The van der Waals surface area contributed by atoms with Gasteiger partial charge in [0.05, 0.1) is 5.69 Å². The monoisotopic (exact) mass is 227 g/mol. The molecule has 0 spiro atoms. The van der Waals surface area contributed by atoms with Gasteiger partial charge in [-0.1, -0.05) is 36.4 Å². The maximum absolute atomic E-state index is 4.06. The Morgan fingerprint density at radius 3 is 2.38 bits per heavy atom. The van der Waals surface area contributed by atoms with Crippen molar-refractivity contribution in [3.63, 3.8) is 0 Å². The molecule has 0 aliphatic rings. The van der Waals surface area contributed by atoms with Crippen LogP contribution in [0.25, 0.3) is 11.1 Å². The van der Waals surface area contributed by atoms with Crippen LogP contribution in [0.5, 0.6) is 0 Å². The summed E-state index contributed by atoms with van der Waals surface area (Å²) in [5, 5.41) is 0. The highest BCUT2D eigenvalue weighted by atomic mass is 32.2. The lowest BCUT2D eigenvalue weighted by atomic mass is 10.1. The quantitative estimate of drug-likeness (QED) is 0.559. The van der Waals surface area contributed by atoms with Crippen molar-refractivity contribution in [2.24, 2.45) is 4.99 Å². The standard InChI is InChI=1S/C14H13NS/c1-15-13-10-12(8-9-14(13)16-2)11-6-4-3-5-7-11/h3-10H,1H2,2H3. The van der Waals surface area contributed by atoms with E-state index >= 15 is 0 Å². The van der Waals surface area contributed by atoms with Crippen molar-refractivity contribution >= 4 is 24.2 Å². The van der Waals surface area contributed by atoms with Gasteiger partial charge < -0.3 is 0 Å². The maximum Gasteiger partial charge on any atom is 0.0764 e. The van der Waals surface area contributed by atoms with E-state index in [9.17, 15) is 0 Å². The summed E-state index contributed by atoms with van der Waals surface area (Å²) >= 11 is 1.69. The van der Waals surface area contributed by atoms with E-state index < -0.39 is 0 Å². The molecule has 2 aromatic rings. The van der Waals surface area contributed by atoms with Crippen molar-refractivity contribution in [3.05, 3.63) is 48.5 Å². The molecule has 2 aromatic carbocycles. The van der Waals surface area contributed by atoms with Crippen LogP contribution < -0.4 is 0 Å². The number of aliphatic imine (C=N–C) groups is 1. The Hall–Kier alpha value is -1.54. The molecule has 0 heterocycles. The van der Waals surface area contributed by atoms with Crippen molar-refractivity contribution < 1.29 is 0 Å². The molecule has 0 radical (unpaired) electrons. The van der Waals surface area contributed by atoms with Crippen LogP contribution in [0.2, 0.25) is 0 Å². The molecular formula is C14H13NS. The molecule has 16 heavy (non-hydrogen) atoms. The van der Waals surface area contributed by atoms with E-state index in [-0.39, 0.29) is 0 Å². The summed E-state index contributed by atoms with van der Waals surface area (Å²) in [7, 11) is 0. The lowest BCUT2D eigenvalue weighted by Crippen LogP contribution is -1.79. The fourth-order valence-electron chi connectivity index (χ4n) is 1.62. The largest absolute Gasteiger partial charge is 0.263 e. The average Bonchev–Trinajstić information content (AvgIpc) is 2.39. The summed E-state index contributed by atoms with van der Waals surface area (Å²) in [4.78, 5) is 5.22. The van der Waals surface area contributed by atoms with E-state index in [4.69, 9.17) is 0 Å². The van der Waals surface area contributed by atoms with Crippen LogP contribution in [0.3, 0.4) is 0 Å². The number of benzene rings is 2. The highest BCUT2D eigenvalue weighted by molar-refractivity contribution is 7.98. The molecule has 2 rings (SSSR count). The molecule has 2 heteroatoms. The van der Waals surface area contributed by atoms with Gasteiger partial charge in [-0.25, -0.2) is 0 Å². The van der Waals surface area contributed by atoms with Gasteiger partial charge in [0.25, 0.3) is 0 Å². The predicted molar refractivity (Wildman–Crippen MR) is 72.9 cm³/mol. The zero-order valence-corrected chi connectivity index (χ0v) is 10.00. The highest BCUT2D eigenvalue weighted by Gasteiger charge is 2.02. The van der Waals surface area contributed by atoms with Gasteiger partial charge in [0.1, 0.15) is 0 Å².